The predicted molar refractivity (Wildman–Crippen MR) is 76.6 cm³/mol. The SMILES string of the molecule is CCC(C)CN(C)S(=O)(=O)c1cc(Cl)cc(CO)c1F. The Bertz CT molecular complexity index is 577. The van der Waals surface area contributed by atoms with E-state index in [4.69, 9.17) is 16.7 Å². The van der Waals surface area contributed by atoms with Crippen LogP contribution in [0.5, 0.6) is 0 Å². The Morgan fingerprint density at radius 2 is 2.05 bits per heavy atom. The molecule has 1 rings (SSSR count). The first-order chi connectivity index (χ1) is 9.23. The summed E-state index contributed by atoms with van der Waals surface area (Å²) in [5.41, 5.74) is -0.131. The molecule has 4 nitrogen and oxygen atoms in total. The Hall–Kier alpha value is -0.690. The molecule has 0 saturated carbocycles. The monoisotopic (exact) mass is 323 g/mol. The number of hydrogen-bond acceptors (Lipinski definition) is 3. The Balaban J connectivity index is 3.25. The van der Waals surface area contributed by atoms with Crippen LogP contribution in [-0.2, 0) is 16.6 Å². The molecule has 0 aliphatic heterocycles. The Morgan fingerprint density at radius 1 is 1.45 bits per heavy atom. The number of nitrogens with zero attached hydrogens (tertiary/aromatic N) is 1. The van der Waals surface area contributed by atoms with Crippen LogP contribution in [0.4, 0.5) is 4.39 Å². The van der Waals surface area contributed by atoms with E-state index < -0.39 is 27.3 Å². The Morgan fingerprint density at radius 3 is 2.55 bits per heavy atom. The number of benzene rings is 1. The van der Waals surface area contributed by atoms with Crippen molar-refractivity contribution in [3.63, 3.8) is 0 Å². The molecule has 1 atom stereocenters. The molecule has 1 aromatic rings. The Kier molecular flexibility index (Phi) is 5.94. The van der Waals surface area contributed by atoms with Gasteiger partial charge in [-0.15, -0.1) is 0 Å². The molecule has 20 heavy (non-hydrogen) atoms. The molecule has 0 fully saturated rings. The van der Waals surface area contributed by atoms with Crippen molar-refractivity contribution >= 4 is 21.6 Å². The van der Waals surface area contributed by atoms with Crippen molar-refractivity contribution in [2.75, 3.05) is 13.6 Å². The van der Waals surface area contributed by atoms with E-state index in [-0.39, 0.29) is 16.5 Å². The van der Waals surface area contributed by atoms with Gasteiger partial charge in [0.15, 0.2) is 0 Å². The quantitative estimate of drug-likeness (QED) is 0.875. The third-order valence-electron chi connectivity index (χ3n) is 3.20. The van der Waals surface area contributed by atoms with E-state index in [1.165, 1.54) is 13.1 Å². The minimum atomic E-state index is -3.97. The average Bonchev–Trinajstić information content (AvgIpc) is 2.40. The lowest BCUT2D eigenvalue weighted by Crippen LogP contribution is -2.31. The number of sulfonamides is 1. The summed E-state index contributed by atoms with van der Waals surface area (Å²) in [6, 6.07) is 2.28. The van der Waals surface area contributed by atoms with Crippen LogP contribution in [0, 0.1) is 11.7 Å². The van der Waals surface area contributed by atoms with Gasteiger partial charge in [-0.1, -0.05) is 31.9 Å². The summed E-state index contributed by atoms with van der Waals surface area (Å²) in [4.78, 5) is -0.500. The van der Waals surface area contributed by atoms with Crippen molar-refractivity contribution in [2.24, 2.45) is 5.92 Å². The van der Waals surface area contributed by atoms with Gasteiger partial charge in [-0.25, -0.2) is 17.1 Å². The summed E-state index contributed by atoms with van der Waals surface area (Å²) in [5.74, 6) is -0.790. The topological polar surface area (TPSA) is 57.6 Å². The maximum Gasteiger partial charge on any atom is 0.245 e. The highest BCUT2D eigenvalue weighted by atomic mass is 35.5. The highest BCUT2D eigenvalue weighted by Crippen LogP contribution is 2.26. The van der Waals surface area contributed by atoms with Gasteiger partial charge in [-0.05, 0) is 18.1 Å². The van der Waals surface area contributed by atoms with E-state index in [1.807, 2.05) is 13.8 Å². The summed E-state index contributed by atoms with van der Waals surface area (Å²) >= 11 is 5.78. The summed E-state index contributed by atoms with van der Waals surface area (Å²) in [6.07, 6.45) is 0.819. The molecule has 114 valence electrons. The molecular weight excluding hydrogens is 305 g/mol. The Labute approximate surface area is 124 Å². The van der Waals surface area contributed by atoms with E-state index in [0.717, 1.165) is 16.8 Å². The fourth-order valence-electron chi connectivity index (χ4n) is 1.76. The molecule has 7 heteroatoms. The lowest BCUT2D eigenvalue weighted by Gasteiger charge is -2.21. The highest BCUT2D eigenvalue weighted by molar-refractivity contribution is 7.89. The van der Waals surface area contributed by atoms with Crippen LogP contribution in [0.25, 0.3) is 0 Å². The van der Waals surface area contributed by atoms with Crippen LogP contribution in [-0.4, -0.2) is 31.4 Å². The van der Waals surface area contributed by atoms with Gasteiger partial charge in [0, 0.05) is 24.2 Å². The minimum Gasteiger partial charge on any atom is -0.392 e. The summed E-state index contributed by atoms with van der Waals surface area (Å²) in [6.45, 7) is 3.55. The third kappa shape index (κ3) is 3.69. The maximum atomic E-state index is 14.1. The van der Waals surface area contributed by atoms with Crippen molar-refractivity contribution in [1.29, 1.82) is 0 Å². The molecule has 1 N–H and O–H groups in total. The minimum absolute atomic E-state index is 0.0750. The van der Waals surface area contributed by atoms with E-state index in [9.17, 15) is 12.8 Å². The second-order valence-corrected chi connectivity index (χ2v) is 7.28. The van der Waals surface area contributed by atoms with Gasteiger partial charge in [0.05, 0.1) is 6.61 Å². The standard InChI is InChI=1S/C13H19ClFNO3S/c1-4-9(2)7-16(3)20(18,19)12-6-11(14)5-10(8-17)13(12)15/h5-6,9,17H,4,7-8H2,1-3H3. The zero-order chi connectivity index (χ0) is 15.5. The molecule has 1 unspecified atom stereocenters. The van der Waals surface area contributed by atoms with Crippen LogP contribution >= 0.6 is 11.6 Å². The maximum absolute atomic E-state index is 14.1. The third-order valence-corrected chi connectivity index (χ3v) is 5.24. The summed E-state index contributed by atoms with van der Waals surface area (Å²) in [5, 5.41) is 9.12. The fourth-order valence-corrected chi connectivity index (χ4v) is 3.48. The first-order valence-corrected chi connectivity index (χ1v) is 8.10. The molecule has 0 spiro atoms. The molecule has 0 aliphatic carbocycles. The largest absolute Gasteiger partial charge is 0.392 e. The number of rotatable bonds is 6. The van der Waals surface area contributed by atoms with Crippen LogP contribution in [0.2, 0.25) is 5.02 Å². The lowest BCUT2D eigenvalue weighted by atomic mass is 10.1. The van der Waals surface area contributed by atoms with Gasteiger partial charge >= 0.3 is 0 Å². The first kappa shape index (κ1) is 17.4. The van der Waals surface area contributed by atoms with Crippen LogP contribution in [0.3, 0.4) is 0 Å². The van der Waals surface area contributed by atoms with Gasteiger partial charge in [-0.3, -0.25) is 0 Å². The van der Waals surface area contributed by atoms with Gasteiger partial charge in [-0.2, -0.15) is 0 Å². The molecule has 0 amide bonds. The second-order valence-electron chi connectivity index (χ2n) is 4.83. The van der Waals surface area contributed by atoms with Crippen LogP contribution in [0.15, 0.2) is 17.0 Å². The summed E-state index contributed by atoms with van der Waals surface area (Å²) in [7, 11) is -2.56. The number of aliphatic hydroxyl groups excluding tert-OH is 1. The first-order valence-electron chi connectivity index (χ1n) is 6.29. The molecule has 0 saturated heterocycles. The van der Waals surface area contributed by atoms with Crippen molar-refractivity contribution < 1.29 is 17.9 Å². The predicted octanol–water partition coefficient (Wildman–Crippen LogP) is 2.64. The molecule has 0 aliphatic rings. The van der Waals surface area contributed by atoms with Crippen molar-refractivity contribution in [1.82, 2.24) is 4.31 Å². The molecule has 0 bridgehead atoms. The average molecular weight is 324 g/mol. The smallest absolute Gasteiger partial charge is 0.245 e. The number of aliphatic hydroxyl groups is 1. The van der Waals surface area contributed by atoms with Crippen molar-refractivity contribution in [3.05, 3.63) is 28.5 Å². The van der Waals surface area contributed by atoms with E-state index in [2.05, 4.69) is 0 Å². The highest BCUT2D eigenvalue weighted by Gasteiger charge is 2.27. The number of hydrogen-bond donors (Lipinski definition) is 1. The second kappa shape index (κ2) is 6.85. The van der Waals surface area contributed by atoms with E-state index in [1.54, 1.807) is 0 Å². The molecule has 0 aromatic heterocycles. The van der Waals surface area contributed by atoms with Crippen LogP contribution < -0.4 is 0 Å². The van der Waals surface area contributed by atoms with Gasteiger partial charge in [0.25, 0.3) is 0 Å². The van der Waals surface area contributed by atoms with Crippen molar-refractivity contribution in [3.8, 4) is 0 Å². The molecular formula is C13H19ClFNO3S. The lowest BCUT2D eigenvalue weighted by molar-refractivity contribution is 0.274. The van der Waals surface area contributed by atoms with Crippen molar-refractivity contribution in [2.45, 2.75) is 31.8 Å². The van der Waals surface area contributed by atoms with Gasteiger partial charge in [0.1, 0.15) is 10.7 Å². The van der Waals surface area contributed by atoms with E-state index >= 15 is 0 Å². The van der Waals surface area contributed by atoms with Gasteiger partial charge < -0.3 is 5.11 Å². The fraction of sp³-hybridized carbons (Fsp3) is 0.538. The van der Waals surface area contributed by atoms with Crippen LogP contribution in [0.1, 0.15) is 25.8 Å². The van der Waals surface area contributed by atoms with E-state index in [0.29, 0.717) is 6.54 Å². The molecule has 0 radical (unpaired) electrons. The normalized spacial score (nSPS) is 13.8. The molecule has 0 heterocycles. The van der Waals surface area contributed by atoms with Gasteiger partial charge in [0.2, 0.25) is 10.0 Å². The molecule has 1 aromatic carbocycles. The number of halogens is 2. The zero-order valence-electron chi connectivity index (χ0n) is 11.7. The zero-order valence-corrected chi connectivity index (χ0v) is 13.3. The summed E-state index contributed by atoms with van der Waals surface area (Å²) < 4.78 is 40.0.